The van der Waals surface area contributed by atoms with E-state index >= 15 is 0 Å². The van der Waals surface area contributed by atoms with Crippen molar-refractivity contribution < 1.29 is 4.39 Å². The van der Waals surface area contributed by atoms with Gasteiger partial charge in [-0.05, 0) is 54.4 Å². The monoisotopic (exact) mass is 230 g/mol. The maximum absolute atomic E-state index is 13.3. The van der Waals surface area contributed by atoms with Gasteiger partial charge in [0.15, 0.2) is 0 Å². The van der Waals surface area contributed by atoms with Gasteiger partial charge in [-0.2, -0.15) is 0 Å². The Kier molecular flexibility index (Phi) is 3.83. The Labute approximate surface area is 101 Å². The molecule has 0 bridgehead atoms. The lowest BCUT2D eigenvalue weighted by Gasteiger charge is -2.09. The van der Waals surface area contributed by atoms with E-state index in [0.717, 1.165) is 29.7 Å². The molecule has 0 saturated heterocycles. The Hall–Kier alpha value is -1.74. The second-order valence-electron chi connectivity index (χ2n) is 3.98. The Morgan fingerprint density at radius 3 is 2.59 bits per heavy atom. The van der Waals surface area contributed by atoms with Crippen LogP contribution in [0.4, 0.5) is 4.39 Å². The molecule has 2 nitrogen and oxygen atoms in total. The van der Waals surface area contributed by atoms with Crippen LogP contribution in [0.1, 0.15) is 16.7 Å². The summed E-state index contributed by atoms with van der Waals surface area (Å²) < 4.78 is 13.3. The van der Waals surface area contributed by atoms with Gasteiger partial charge in [0.2, 0.25) is 0 Å². The predicted molar refractivity (Wildman–Crippen MR) is 66.2 cm³/mol. The van der Waals surface area contributed by atoms with E-state index in [1.54, 1.807) is 18.5 Å². The Morgan fingerprint density at radius 1 is 1.12 bits per heavy atom. The van der Waals surface area contributed by atoms with Gasteiger partial charge in [-0.15, -0.1) is 0 Å². The van der Waals surface area contributed by atoms with Crippen LogP contribution < -0.4 is 5.32 Å². The molecule has 1 N–H and O–H groups in total. The first-order valence-electron chi connectivity index (χ1n) is 5.60. The standard InChI is InChI=1S/C14H15FN2/c1-16-10-12-2-3-14(15)9-13(12)8-11-4-6-17-7-5-11/h2-7,9,16H,8,10H2,1H3. The number of hydrogen-bond donors (Lipinski definition) is 1. The molecule has 0 spiro atoms. The third-order valence-electron chi connectivity index (χ3n) is 2.68. The van der Waals surface area contributed by atoms with Gasteiger partial charge in [-0.25, -0.2) is 4.39 Å². The number of rotatable bonds is 4. The second kappa shape index (κ2) is 5.55. The molecule has 3 heteroatoms. The first-order chi connectivity index (χ1) is 8.29. The maximum atomic E-state index is 13.3. The zero-order valence-electron chi connectivity index (χ0n) is 9.78. The van der Waals surface area contributed by atoms with Crippen molar-refractivity contribution in [1.82, 2.24) is 10.3 Å². The summed E-state index contributed by atoms with van der Waals surface area (Å²) >= 11 is 0. The number of hydrogen-bond acceptors (Lipinski definition) is 2. The molecular weight excluding hydrogens is 215 g/mol. The van der Waals surface area contributed by atoms with Gasteiger partial charge in [0.25, 0.3) is 0 Å². The van der Waals surface area contributed by atoms with E-state index in [9.17, 15) is 4.39 Å². The van der Waals surface area contributed by atoms with Gasteiger partial charge in [0.05, 0.1) is 0 Å². The van der Waals surface area contributed by atoms with Crippen molar-refractivity contribution in [2.75, 3.05) is 7.05 Å². The van der Waals surface area contributed by atoms with Crippen LogP contribution in [0.5, 0.6) is 0 Å². The minimum atomic E-state index is -0.186. The van der Waals surface area contributed by atoms with Crippen molar-refractivity contribution in [3.63, 3.8) is 0 Å². The molecule has 0 fully saturated rings. The highest BCUT2D eigenvalue weighted by molar-refractivity contribution is 5.32. The molecule has 0 radical (unpaired) electrons. The highest BCUT2D eigenvalue weighted by atomic mass is 19.1. The lowest BCUT2D eigenvalue weighted by atomic mass is 10.0. The van der Waals surface area contributed by atoms with E-state index in [1.807, 2.05) is 25.2 Å². The molecule has 88 valence electrons. The van der Waals surface area contributed by atoms with Gasteiger partial charge in [-0.1, -0.05) is 6.07 Å². The fourth-order valence-corrected chi connectivity index (χ4v) is 1.84. The van der Waals surface area contributed by atoms with Crippen molar-refractivity contribution in [2.45, 2.75) is 13.0 Å². The fourth-order valence-electron chi connectivity index (χ4n) is 1.84. The van der Waals surface area contributed by atoms with Crippen LogP contribution in [0.25, 0.3) is 0 Å². The van der Waals surface area contributed by atoms with E-state index in [4.69, 9.17) is 0 Å². The molecule has 0 aliphatic heterocycles. The average molecular weight is 230 g/mol. The van der Waals surface area contributed by atoms with Crippen LogP contribution in [0.15, 0.2) is 42.7 Å². The zero-order valence-corrected chi connectivity index (χ0v) is 9.78. The topological polar surface area (TPSA) is 24.9 Å². The summed E-state index contributed by atoms with van der Waals surface area (Å²) in [7, 11) is 1.89. The maximum Gasteiger partial charge on any atom is 0.123 e. The van der Waals surface area contributed by atoms with Crippen LogP contribution >= 0.6 is 0 Å². The van der Waals surface area contributed by atoms with E-state index < -0.39 is 0 Å². The van der Waals surface area contributed by atoms with E-state index in [-0.39, 0.29) is 5.82 Å². The van der Waals surface area contributed by atoms with E-state index in [1.165, 1.54) is 6.07 Å². The summed E-state index contributed by atoms with van der Waals surface area (Å²) in [5.74, 6) is -0.186. The predicted octanol–water partition coefficient (Wildman–Crippen LogP) is 2.53. The van der Waals surface area contributed by atoms with Crippen molar-refractivity contribution in [1.29, 1.82) is 0 Å². The molecule has 1 aromatic carbocycles. The van der Waals surface area contributed by atoms with Crippen LogP contribution in [0, 0.1) is 5.82 Å². The van der Waals surface area contributed by atoms with Crippen LogP contribution in [0.2, 0.25) is 0 Å². The molecule has 2 rings (SSSR count). The molecule has 0 aliphatic rings. The van der Waals surface area contributed by atoms with Crippen LogP contribution in [-0.4, -0.2) is 12.0 Å². The highest BCUT2D eigenvalue weighted by Crippen LogP contribution is 2.15. The molecule has 0 atom stereocenters. The minimum Gasteiger partial charge on any atom is -0.316 e. The molecular formula is C14H15FN2. The SMILES string of the molecule is CNCc1ccc(F)cc1Cc1ccncc1. The molecule has 0 amide bonds. The van der Waals surface area contributed by atoms with Gasteiger partial charge in [-0.3, -0.25) is 4.98 Å². The highest BCUT2D eigenvalue weighted by Gasteiger charge is 2.04. The summed E-state index contributed by atoms with van der Waals surface area (Å²) in [6.07, 6.45) is 4.25. The van der Waals surface area contributed by atoms with Gasteiger partial charge in [0.1, 0.15) is 5.82 Å². The normalized spacial score (nSPS) is 10.5. The second-order valence-corrected chi connectivity index (χ2v) is 3.98. The third-order valence-corrected chi connectivity index (χ3v) is 2.68. The number of aromatic nitrogens is 1. The molecule has 0 saturated carbocycles. The molecule has 0 aliphatic carbocycles. The van der Waals surface area contributed by atoms with Crippen molar-refractivity contribution >= 4 is 0 Å². The summed E-state index contributed by atoms with van der Waals surface area (Å²) in [6, 6.07) is 8.85. The Bertz CT molecular complexity index is 483. The average Bonchev–Trinajstić information content (AvgIpc) is 2.34. The van der Waals surface area contributed by atoms with Gasteiger partial charge in [0, 0.05) is 18.9 Å². The third kappa shape index (κ3) is 3.11. The number of nitrogens with one attached hydrogen (secondary N) is 1. The largest absolute Gasteiger partial charge is 0.316 e. The number of halogens is 1. The summed E-state index contributed by atoms with van der Waals surface area (Å²) in [4.78, 5) is 3.98. The summed E-state index contributed by atoms with van der Waals surface area (Å²) in [5, 5.41) is 3.09. The molecule has 0 unspecified atom stereocenters. The molecule has 1 heterocycles. The van der Waals surface area contributed by atoms with Crippen LogP contribution in [-0.2, 0) is 13.0 Å². The van der Waals surface area contributed by atoms with E-state index in [0.29, 0.717) is 0 Å². The van der Waals surface area contributed by atoms with Crippen LogP contribution in [0.3, 0.4) is 0 Å². The molecule has 1 aromatic heterocycles. The van der Waals surface area contributed by atoms with E-state index in [2.05, 4.69) is 10.3 Å². The molecule has 17 heavy (non-hydrogen) atoms. The summed E-state index contributed by atoms with van der Waals surface area (Å²) in [6.45, 7) is 0.751. The smallest absolute Gasteiger partial charge is 0.123 e. The van der Waals surface area contributed by atoms with Crippen molar-refractivity contribution in [3.8, 4) is 0 Å². The quantitative estimate of drug-likeness (QED) is 0.873. The lowest BCUT2D eigenvalue weighted by Crippen LogP contribution is -2.08. The Balaban J connectivity index is 2.27. The number of benzene rings is 1. The van der Waals surface area contributed by atoms with Crippen molar-refractivity contribution in [2.24, 2.45) is 0 Å². The fraction of sp³-hybridized carbons (Fsp3) is 0.214. The lowest BCUT2D eigenvalue weighted by molar-refractivity contribution is 0.624. The zero-order chi connectivity index (χ0) is 12.1. The molecule has 2 aromatic rings. The summed E-state index contributed by atoms with van der Waals surface area (Å²) in [5.41, 5.74) is 3.29. The van der Waals surface area contributed by atoms with Gasteiger partial charge < -0.3 is 5.32 Å². The Morgan fingerprint density at radius 2 is 1.88 bits per heavy atom. The van der Waals surface area contributed by atoms with Crippen molar-refractivity contribution in [3.05, 3.63) is 65.2 Å². The number of nitrogens with zero attached hydrogens (tertiary/aromatic N) is 1. The first-order valence-corrected chi connectivity index (χ1v) is 5.60. The first kappa shape index (κ1) is 11.7. The number of pyridine rings is 1. The minimum absolute atomic E-state index is 0.186. The van der Waals surface area contributed by atoms with Gasteiger partial charge >= 0.3 is 0 Å².